The summed E-state index contributed by atoms with van der Waals surface area (Å²) in [6.07, 6.45) is 0.971. The average Bonchev–Trinajstić information content (AvgIpc) is 2.69. The SMILES string of the molecule is CCC(COC)n1nnc(CCl)c1C(C)C. The van der Waals surface area contributed by atoms with E-state index in [9.17, 15) is 0 Å². The van der Waals surface area contributed by atoms with E-state index in [-0.39, 0.29) is 6.04 Å². The molecule has 0 bridgehead atoms. The lowest BCUT2D eigenvalue weighted by Gasteiger charge is -2.18. The second-order valence-corrected chi connectivity index (χ2v) is 4.44. The van der Waals surface area contributed by atoms with E-state index in [1.165, 1.54) is 0 Å². The minimum Gasteiger partial charge on any atom is -0.382 e. The second kappa shape index (κ2) is 6.21. The van der Waals surface area contributed by atoms with Crippen molar-refractivity contribution in [1.29, 1.82) is 0 Å². The van der Waals surface area contributed by atoms with Crippen molar-refractivity contribution < 1.29 is 4.74 Å². The van der Waals surface area contributed by atoms with Gasteiger partial charge < -0.3 is 4.74 Å². The minimum absolute atomic E-state index is 0.242. The Morgan fingerprint density at radius 3 is 2.56 bits per heavy atom. The van der Waals surface area contributed by atoms with Crippen LogP contribution < -0.4 is 0 Å². The van der Waals surface area contributed by atoms with Gasteiger partial charge in [0.05, 0.1) is 24.2 Å². The molecule has 1 atom stereocenters. The van der Waals surface area contributed by atoms with Gasteiger partial charge in [0, 0.05) is 7.11 Å². The Morgan fingerprint density at radius 2 is 2.12 bits per heavy atom. The zero-order chi connectivity index (χ0) is 12.1. The molecule has 92 valence electrons. The first-order chi connectivity index (χ1) is 7.65. The highest BCUT2D eigenvalue weighted by Crippen LogP contribution is 2.23. The van der Waals surface area contributed by atoms with E-state index in [2.05, 4.69) is 31.1 Å². The third-order valence-electron chi connectivity index (χ3n) is 2.65. The Kier molecular flexibility index (Phi) is 5.22. The van der Waals surface area contributed by atoms with Crippen LogP contribution in [0.25, 0.3) is 0 Å². The summed E-state index contributed by atoms with van der Waals surface area (Å²) in [5, 5.41) is 8.33. The standard InChI is InChI=1S/C11H20ClN3O/c1-5-9(7-16-4)15-11(8(2)3)10(6-12)13-14-15/h8-9H,5-7H2,1-4H3. The molecule has 1 rings (SSSR count). The van der Waals surface area contributed by atoms with E-state index in [1.807, 2.05) is 4.68 Å². The zero-order valence-electron chi connectivity index (χ0n) is 10.4. The first-order valence-electron chi connectivity index (χ1n) is 5.64. The predicted octanol–water partition coefficient (Wildman–Crippen LogP) is 2.74. The number of hydrogen-bond donors (Lipinski definition) is 0. The predicted molar refractivity (Wildman–Crippen MR) is 64.9 cm³/mol. The van der Waals surface area contributed by atoms with Crippen LogP contribution in [0.5, 0.6) is 0 Å². The summed E-state index contributed by atoms with van der Waals surface area (Å²) < 4.78 is 7.17. The van der Waals surface area contributed by atoms with Crippen molar-refractivity contribution in [3.8, 4) is 0 Å². The number of aromatic nitrogens is 3. The molecule has 0 N–H and O–H groups in total. The maximum atomic E-state index is 5.87. The quantitative estimate of drug-likeness (QED) is 0.724. The normalized spacial score (nSPS) is 13.4. The molecule has 0 aliphatic carbocycles. The van der Waals surface area contributed by atoms with Crippen molar-refractivity contribution in [2.45, 2.75) is 45.0 Å². The number of methoxy groups -OCH3 is 1. The molecule has 0 aliphatic rings. The molecule has 0 radical (unpaired) electrons. The van der Waals surface area contributed by atoms with Crippen LogP contribution in [0.3, 0.4) is 0 Å². The van der Waals surface area contributed by atoms with Crippen LogP contribution in [-0.4, -0.2) is 28.7 Å². The summed E-state index contributed by atoms with van der Waals surface area (Å²) >= 11 is 5.87. The second-order valence-electron chi connectivity index (χ2n) is 4.17. The summed E-state index contributed by atoms with van der Waals surface area (Å²) in [4.78, 5) is 0. The number of ether oxygens (including phenoxy) is 1. The lowest BCUT2D eigenvalue weighted by atomic mass is 10.1. The summed E-state index contributed by atoms with van der Waals surface area (Å²) in [5.74, 6) is 0.784. The molecule has 0 amide bonds. The van der Waals surface area contributed by atoms with Gasteiger partial charge in [-0.15, -0.1) is 16.7 Å². The van der Waals surface area contributed by atoms with E-state index in [1.54, 1.807) is 7.11 Å². The van der Waals surface area contributed by atoms with Crippen LogP contribution >= 0.6 is 11.6 Å². The Hall–Kier alpha value is -0.610. The molecule has 0 aliphatic heterocycles. The first-order valence-corrected chi connectivity index (χ1v) is 6.17. The molecular formula is C11H20ClN3O. The highest BCUT2D eigenvalue weighted by molar-refractivity contribution is 6.16. The number of rotatable bonds is 6. The summed E-state index contributed by atoms with van der Waals surface area (Å²) in [7, 11) is 1.71. The van der Waals surface area contributed by atoms with Gasteiger partial charge in [0.25, 0.3) is 0 Å². The Bertz CT molecular complexity index is 325. The first kappa shape index (κ1) is 13.5. The molecule has 4 nitrogen and oxygen atoms in total. The topological polar surface area (TPSA) is 39.9 Å². The van der Waals surface area contributed by atoms with Gasteiger partial charge in [-0.3, -0.25) is 0 Å². The minimum atomic E-state index is 0.242. The largest absolute Gasteiger partial charge is 0.382 e. The van der Waals surface area contributed by atoms with Gasteiger partial charge in [-0.2, -0.15) is 0 Å². The van der Waals surface area contributed by atoms with Crippen LogP contribution in [-0.2, 0) is 10.6 Å². The van der Waals surface area contributed by atoms with Crippen molar-refractivity contribution in [3.63, 3.8) is 0 Å². The van der Waals surface area contributed by atoms with Crippen LogP contribution in [0, 0.1) is 0 Å². The molecule has 0 spiro atoms. The number of alkyl halides is 1. The molecule has 1 aromatic heterocycles. The molecule has 0 saturated heterocycles. The average molecular weight is 246 g/mol. The van der Waals surface area contributed by atoms with Gasteiger partial charge in [0.15, 0.2) is 0 Å². The van der Waals surface area contributed by atoms with Crippen molar-refractivity contribution in [2.75, 3.05) is 13.7 Å². The van der Waals surface area contributed by atoms with Gasteiger partial charge in [-0.1, -0.05) is 26.0 Å². The maximum absolute atomic E-state index is 5.87. The van der Waals surface area contributed by atoms with E-state index < -0.39 is 0 Å². The van der Waals surface area contributed by atoms with Gasteiger partial charge in [-0.25, -0.2) is 4.68 Å². The lowest BCUT2D eigenvalue weighted by Crippen LogP contribution is -2.18. The van der Waals surface area contributed by atoms with Gasteiger partial charge >= 0.3 is 0 Å². The van der Waals surface area contributed by atoms with Crippen molar-refractivity contribution >= 4 is 11.6 Å². The fraction of sp³-hybridized carbons (Fsp3) is 0.818. The van der Waals surface area contributed by atoms with Crippen LogP contribution in [0.2, 0.25) is 0 Å². The number of halogens is 1. The van der Waals surface area contributed by atoms with Crippen LogP contribution in [0.15, 0.2) is 0 Å². The molecule has 1 unspecified atom stereocenters. The third kappa shape index (κ3) is 2.74. The highest BCUT2D eigenvalue weighted by Gasteiger charge is 2.20. The third-order valence-corrected chi connectivity index (χ3v) is 2.91. The van der Waals surface area contributed by atoms with Crippen molar-refractivity contribution in [2.24, 2.45) is 0 Å². The fourth-order valence-electron chi connectivity index (χ4n) is 1.85. The molecule has 1 aromatic rings. The monoisotopic (exact) mass is 245 g/mol. The van der Waals surface area contributed by atoms with Gasteiger partial charge in [-0.05, 0) is 12.3 Å². The van der Waals surface area contributed by atoms with E-state index in [0.29, 0.717) is 18.4 Å². The van der Waals surface area contributed by atoms with Crippen LogP contribution in [0.4, 0.5) is 0 Å². The molecule has 16 heavy (non-hydrogen) atoms. The Morgan fingerprint density at radius 1 is 1.44 bits per heavy atom. The number of nitrogens with zero attached hydrogens (tertiary/aromatic N) is 3. The number of hydrogen-bond acceptors (Lipinski definition) is 3. The highest BCUT2D eigenvalue weighted by atomic mass is 35.5. The molecule has 0 saturated carbocycles. The Balaban J connectivity index is 3.06. The smallest absolute Gasteiger partial charge is 0.101 e. The van der Waals surface area contributed by atoms with Crippen LogP contribution in [0.1, 0.15) is 50.5 Å². The molecule has 1 heterocycles. The molecule has 0 aromatic carbocycles. The molecule has 5 heteroatoms. The van der Waals surface area contributed by atoms with Crippen molar-refractivity contribution in [1.82, 2.24) is 15.0 Å². The van der Waals surface area contributed by atoms with E-state index >= 15 is 0 Å². The summed E-state index contributed by atoms with van der Waals surface area (Å²) in [6.45, 7) is 7.03. The summed E-state index contributed by atoms with van der Waals surface area (Å²) in [5.41, 5.74) is 2.00. The molecule has 0 fully saturated rings. The van der Waals surface area contributed by atoms with E-state index in [0.717, 1.165) is 17.8 Å². The lowest BCUT2D eigenvalue weighted by molar-refractivity contribution is 0.144. The summed E-state index contributed by atoms with van der Waals surface area (Å²) in [6, 6.07) is 0.242. The van der Waals surface area contributed by atoms with E-state index in [4.69, 9.17) is 16.3 Å². The van der Waals surface area contributed by atoms with Gasteiger partial charge in [0.1, 0.15) is 5.69 Å². The maximum Gasteiger partial charge on any atom is 0.101 e. The van der Waals surface area contributed by atoms with Gasteiger partial charge in [0.2, 0.25) is 0 Å². The zero-order valence-corrected chi connectivity index (χ0v) is 11.2. The fourth-order valence-corrected chi connectivity index (χ4v) is 2.04. The Labute approximate surface area is 102 Å². The molecular weight excluding hydrogens is 226 g/mol. The van der Waals surface area contributed by atoms with Crippen molar-refractivity contribution in [3.05, 3.63) is 11.4 Å².